The first-order valence-electron chi connectivity index (χ1n) is 5.99. The van der Waals surface area contributed by atoms with Crippen LogP contribution in [0, 0.1) is 5.41 Å². The lowest BCUT2D eigenvalue weighted by Gasteiger charge is -2.33. The van der Waals surface area contributed by atoms with E-state index in [0.717, 1.165) is 25.7 Å². The Labute approximate surface area is 96.8 Å². The van der Waals surface area contributed by atoms with Crippen molar-refractivity contribution in [1.29, 1.82) is 0 Å². The number of hydrogen-bond donors (Lipinski definition) is 1. The Hall–Kier alpha value is -0.240. The average molecular weight is 230 g/mol. The largest absolute Gasteiger partial charge is 0.349 e. The minimum Gasteiger partial charge on any atom is -0.349 e. The van der Waals surface area contributed by atoms with E-state index in [1.54, 1.807) is 0 Å². The van der Waals surface area contributed by atoms with E-state index in [1.165, 1.54) is 19.3 Å². The van der Waals surface area contributed by atoms with Crippen LogP contribution in [0.15, 0.2) is 0 Å². The van der Waals surface area contributed by atoms with Crippen LogP contribution in [-0.2, 0) is 4.79 Å². The Balaban J connectivity index is 1.94. The quantitative estimate of drug-likeness (QED) is 0.741. The summed E-state index contributed by atoms with van der Waals surface area (Å²) >= 11 is 5.87. The highest BCUT2D eigenvalue weighted by atomic mass is 35.5. The van der Waals surface area contributed by atoms with Crippen LogP contribution < -0.4 is 5.32 Å². The number of nitrogens with one attached hydrogen (secondary N) is 1. The summed E-state index contributed by atoms with van der Waals surface area (Å²) in [4.78, 5) is 12.2. The van der Waals surface area contributed by atoms with Gasteiger partial charge in [0.2, 0.25) is 5.91 Å². The molecule has 3 heteroatoms. The zero-order valence-electron chi connectivity index (χ0n) is 9.44. The van der Waals surface area contributed by atoms with Gasteiger partial charge in [0.1, 0.15) is 0 Å². The van der Waals surface area contributed by atoms with Crippen molar-refractivity contribution in [3.05, 3.63) is 0 Å². The molecular weight excluding hydrogens is 210 g/mol. The van der Waals surface area contributed by atoms with Crippen molar-refractivity contribution in [3.63, 3.8) is 0 Å². The highest BCUT2D eigenvalue weighted by Crippen LogP contribution is 2.40. The van der Waals surface area contributed by atoms with Gasteiger partial charge in [-0.3, -0.25) is 4.79 Å². The summed E-state index contributed by atoms with van der Waals surface area (Å²) in [6.45, 7) is 2.10. The zero-order chi connectivity index (χ0) is 10.9. The topological polar surface area (TPSA) is 29.1 Å². The van der Waals surface area contributed by atoms with Gasteiger partial charge in [-0.15, -0.1) is 11.6 Å². The molecule has 2 fully saturated rings. The van der Waals surface area contributed by atoms with Gasteiger partial charge in [-0.2, -0.15) is 0 Å². The van der Waals surface area contributed by atoms with Gasteiger partial charge in [-0.1, -0.05) is 26.2 Å². The average Bonchev–Trinajstić information content (AvgIpc) is 3.00. The Kier molecular flexibility index (Phi) is 2.98. The van der Waals surface area contributed by atoms with Gasteiger partial charge in [-0.25, -0.2) is 0 Å². The molecule has 0 atom stereocenters. The van der Waals surface area contributed by atoms with Crippen LogP contribution in [0.5, 0.6) is 0 Å². The van der Waals surface area contributed by atoms with Crippen LogP contribution in [0.25, 0.3) is 0 Å². The van der Waals surface area contributed by atoms with E-state index in [2.05, 4.69) is 12.2 Å². The molecule has 0 aromatic heterocycles. The second-order valence-corrected chi connectivity index (χ2v) is 5.76. The number of amides is 1. The molecule has 2 aliphatic rings. The standard InChI is InChI=1S/C12H20ClNO/c1-11(5-3-2-4-6-11)10(15)14-12(9-13)7-8-12/h2-9H2,1H3,(H,14,15). The number of alkyl halides is 1. The van der Waals surface area contributed by atoms with Crippen LogP contribution in [0.2, 0.25) is 0 Å². The maximum atomic E-state index is 12.2. The molecule has 0 aromatic rings. The number of hydrogen-bond acceptors (Lipinski definition) is 1. The molecule has 1 N–H and O–H groups in total. The number of rotatable bonds is 3. The summed E-state index contributed by atoms with van der Waals surface area (Å²) in [6.07, 6.45) is 7.85. The zero-order valence-corrected chi connectivity index (χ0v) is 10.2. The van der Waals surface area contributed by atoms with Gasteiger partial charge in [0.25, 0.3) is 0 Å². The molecule has 2 rings (SSSR count). The molecule has 2 aliphatic carbocycles. The van der Waals surface area contributed by atoms with E-state index in [9.17, 15) is 4.79 Å². The van der Waals surface area contributed by atoms with Crippen LogP contribution >= 0.6 is 11.6 Å². The van der Waals surface area contributed by atoms with Gasteiger partial charge in [-0.05, 0) is 25.7 Å². The molecule has 2 saturated carbocycles. The summed E-state index contributed by atoms with van der Waals surface area (Å²) in [5.41, 5.74) is -0.168. The van der Waals surface area contributed by atoms with Gasteiger partial charge in [0, 0.05) is 11.3 Å². The fraction of sp³-hybridized carbons (Fsp3) is 0.917. The maximum Gasteiger partial charge on any atom is 0.226 e. The van der Waals surface area contributed by atoms with Gasteiger partial charge >= 0.3 is 0 Å². The highest BCUT2D eigenvalue weighted by Gasteiger charge is 2.46. The van der Waals surface area contributed by atoms with Crippen LogP contribution in [0.4, 0.5) is 0 Å². The molecule has 0 radical (unpaired) electrons. The monoisotopic (exact) mass is 229 g/mol. The maximum absolute atomic E-state index is 12.2. The molecule has 0 unspecified atom stereocenters. The first kappa shape index (κ1) is 11.3. The molecule has 0 heterocycles. The smallest absolute Gasteiger partial charge is 0.226 e. The minimum atomic E-state index is -0.125. The van der Waals surface area contributed by atoms with Crippen molar-refractivity contribution < 1.29 is 4.79 Å². The summed E-state index contributed by atoms with van der Waals surface area (Å²) in [7, 11) is 0. The van der Waals surface area contributed by atoms with Crippen molar-refractivity contribution in [2.45, 2.75) is 57.4 Å². The van der Waals surface area contributed by atoms with Crippen molar-refractivity contribution >= 4 is 17.5 Å². The fourth-order valence-electron chi connectivity index (χ4n) is 2.39. The fourth-order valence-corrected chi connectivity index (χ4v) is 2.73. The summed E-state index contributed by atoms with van der Waals surface area (Å²) < 4.78 is 0. The summed E-state index contributed by atoms with van der Waals surface area (Å²) in [6, 6.07) is 0. The van der Waals surface area contributed by atoms with Crippen molar-refractivity contribution in [2.24, 2.45) is 5.41 Å². The third-order valence-electron chi connectivity index (χ3n) is 3.99. The molecule has 0 spiro atoms. The third-order valence-corrected chi connectivity index (χ3v) is 4.50. The number of carbonyl (C=O) groups excluding carboxylic acids is 1. The first-order valence-corrected chi connectivity index (χ1v) is 6.52. The Morgan fingerprint density at radius 3 is 2.27 bits per heavy atom. The second kappa shape index (κ2) is 3.97. The Morgan fingerprint density at radius 1 is 1.20 bits per heavy atom. The molecule has 0 bridgehead atoms. The molecular formula is C12H20ClNO. The predicted molar refractivity (Wildman–Crippen MR) is 62.0 cm³/mol. The molecule has 86 valence electrons. The van der Waals surface area contributed by atoms with Gasteiger partial charge in [0.15, 0.2) is 0 Å². The van der Waals surface area contributed by atoms with Crippen molar-refractivity contribution in [2.75, 3.05) is 5.88 Å². The van der Waals surface area contributed by atoms with Crippen molar-refractivity contribution in [1.82, 2.24) is 5.32 Å². The predicted octanol–water partition coefficient (Wildman–Crippen LogP) is 2.84. The Morgan fingerprint density at radius 2 is 1.80 bits per heavy atom. The molecule has 15 heavy (non-hydrogen) atoms. The van der Waals surface area contributed by atoms with Crippen LogP contribution in [0.3, 0.4) is 0 Å². The summed E-state index contributed by atoms with van der Waals surface area (Å²) in [5.74, 6) is 0.801. The Bertz CT molecular complexity index is 254. The van der Waals surface area contributed by atoms with Crippen LogP contribution in [-0.4, -0.2) is 17.3 Å². The van der Waals surface area contributed by atoms with E-state index in [1.807, 2.05) is 0 Å². The summed E-state index contributed by atoms with van der Waals surface area (Å²) in [5, 5.41) is 3.16. The lowest BCUT2D eigenvalue weighted by Crippen LogP contribution is -2.47. The van der Waals surface area contributed by atoms with E-state index in [0.29, 0.717) is 5.88 Å². The lowest BCUT2D eigenvalue weighted by atomic mass is 9.75. The number of carbonyl (C=O) groups is 1. The van der Waals surface area contributed by atoms with Crippen molar-refractivity contribution in [3.8, 4) is 0 Å². The highest BCUT2D eigenvalue weighted by molar-refractivity contribution is 6.19. The first-order chi connectivity index (χ1) is 7.10. The van der Waals surface area contributed by atoms with E-state index >= 15 is 0 Å². The minimum absolute atomic E-state index is 0.0426. The molecule has 2 nitrogen and oxygen atoms in total. The van der Waals surface area contributed by atoms with Gasteiger partial charge in [0.05, 0.1) is 5.54 Å². The SMILES string of the molecule is CC1(C(=O)NC2(CCl)CC2)CCCCC1. The van der Waals surface area contributed by atoms with Crippen LogP contribution in [0.1, 0.15) is 51.9 Å². The van der Waals surface area contributed by atoms with E-state index < -0.39 is 0 Å². The molecule has 0 saturated heterocycles. The molecule has 0 aliphatic heterocycles. The van der Waals surface area contributed by atoms with E-state index in [4.69, 9.17) is 11.6 Å². The van der Waals surface area contributed by atoms with Gasteiger partial charge < -0.3 is 5.32 Å². The third kappa shape index (κ3) is 2.30. The van der Waals surface area contributed by atoms with E-state index in [-0.39, 0.29) is 16.9 Å². The molecule has 0 aromatic carbocycles. The lowest BCUT2D eigenvalue weighted by molar-refractivity contribution is -0.132. The normalized spacial score (nSPS) is 27.1. The number of halogens is 1. The second-order valence-electron chi connectivity index (χ2n) is 5.49. The molecule has 1 amide bonds.